The van der Waals surface area contributed by atoms with Crippen molar-refractivity contribution in [2.45, 2.75) is 25.9 Å². The summed E-state index contributed by atoms with van der Waals surface area (Å²) in [6.45, 7) is 7.99. The summed E-state index contributed by atoms with van der Waals surface area (Å²) in [5.41, 5.74) is 3.66. The molecule has 0 amide bonds. The molecular weight excluding hydrogens is 406 g/mol. The molecule has 0 atom stereocenters. The Labute approximate surface area is 196 Å². The van der Waals surface area contributed by atoms with Gasteiger partial charge in [-0.1, -0.05) is 72.8 Å². The highest BCUT2D eigenvalue weighted by Crippen LogP contribution is 2.31. The smallest absolute Gasteiger partial charge is 0.227 e. The van der Waals surface area contributed by atoms with Crippen LogP contribution in [-0.4, -0.2) is 47.1 Å². The van der Waals surface area contributed by atoms with Gasteiger partial charge in [0.2, 0.25) is 5.95 Å². The lowest BCUT2D eigenvalue weighted by atomic mass is 9.96. The maximum absolute atomic E-state index is 4.94. The Morgan fingerprint density at radius 1 is 0.697 bits per heavy atom. The lowest BCUT2D eigenvalue weighted by molar-refractivity contribution is 0.211. The van der Waals surface area contributed by atoms with Crippen molar-refractivity contribution in [3.05, 3.63) is 96.1 Å². The lowest BCUT2D eigenvalue weighted by Gasteiger charge is -2.40. The van der Waals surface area contributed by atoms with Crippen LogP contribution in [0, 0.1) is 0 Å². The van der Waals surface area contributed by atoms with E-state index >= 15 is 0 Å². The largest absolute Gasteiger partial charge is 0.367 e. The molecule has 5 nitrogen and oxygen atoms in total. The number of rotatable bonds is 6. The lowest BCUT2D eigenvalue weighted by Crippen LogP contribution is -2.48. The molecule has 5 rings (SSSR count). The molecule has 2 heterocycles. The van der Waals surface area contributed by atoms with Crippen LogP contribution in [-0.2, 0) is 0 Å². The van der Waals surface area contributed by atoms with Crippen LogP contribution in [0.3, 0.4) is 0 Å². The Kier molecular flexibility index (Phi) is 6.22. The minimum Gasteiger partial charge on any atom is -0.367 e. The van der Waals surface area contributed by atoms with E-state index in [1.165, 1.54) is 11.1 Å². The van der Waals surface area contributed by atoms with Crippen LogP contribution in [0.15, 0.2) is 84.9 Å². The molecule has 1 saturated heterocycles. The van der Waals surface area contributed by atoms with Crippen molar-refractivity contribution in [1.82, 2.24) is 14.9 Å². The predicted octanol–water partition coefficient (Wildman–Crippen LogP) is 5.36. The van der Waals surface area contributed by atoms with Gasteiger partial charge in [0.25, 0.3) is 0 Å². The number of nitrogens with zero attached hydrogens (tertiary/aromatic N) is 4. The van der Waals surface area contributed by atoms with Gasteiger partial charge in [-0.05, 0) is 37.1 Å². The number of hydrogen-bond acceptors (Lipinski definition) is 5. The second kappa shape index (κ2) is 9.59. The third kappa shape index (κ3) is 4.69. The van der Waals surface area contributed by atoms with Crippen LogP contribution in [0.4, 0.5) is 11.8 Å². The van der Waals surface area contributed by atoms with Crippen molar-refractivity contribution in [3.8, 4) is 0 Å². The van der Waals surface area contributed by atoms with E-state index in [1.54, 1.807) is 0 Å². The SMILES string of the molecule is CC(C)Nc1nc(N2CCN(C(c3ccccc3)c3ccccc3)CC2)nc2ccccc12. The molecule has 0 spiro atoms. The second-order valence-electron chi connectivity index (χ2n) is 8.94. The summed E-state index contributed by atoms with van der Waals surface area (Å²) in [7, 11) is 0. The molecule has 33 heavy (non-hydrogen) atoms. The number of piperazine rings is 1. The molecule has 3 aromatic carbocycles. The van der Waals surface area contributed by atoms with Gasteiger partial charge in [0.1, 0.15) is 5.82 Å². The van der Waals surface area contributed by atoms with Crippen molar-refractivity contribution < 1.29 is 0 Å². The molecule has 0 aliphatic carbocycles. The highest BCUT2D eigenvalue weighted by molar-refractivity contribution is 5.90. The van der Waals surface area contributed by atoms with Gasteiger partial charge in [-0.2, -0.15) is 4.98 Å². The first kappa shape index (κ1) is 21.4. The summed E-state index contributed by atoms with van der Waals surface area (Å²) in [5, 5.41) is 4.58. The number of fused-ring (bicyclic) bond motifs is 1. The average molecular weight is 438 g/mol. The highest BCUT2D eigenvalue weighted by Gasteiger charge is 2.27. The quantitative estimate of drug-likeness (QED) is 0.440. The van der Waals surface area contributed by atoms with E-state index in [4.69, 9.17) is 9.97 Å². The number of aromatic nitrogens is 2. The van der Waals surface area contributed by atoms with Gasteiger partial charge in [-0.25, -0.2) is 4.98 Å². The van der Waals surface area contributed by atoms with Gasteiger partial charge in [0.15, 0.2) is 0 Å². The zero-order valence-corrected chi connectivity index (χ0v) is 19.4. The van der Waals surface area contributed by atoms with E-state index in [0.717, 1.165) is 48.8 Å². The van der Waals surface area contributed by atoms with Gasteiger partial charge in [0.05, 0.1) is 11.6 Å². The molecule has 0 bridgehead atoms. The molecule has 4 aromatic rings. The van der Waals surface area contributed by atoms with Gasteiger partial charge in [0, 0.05) is 37.6 Å². The molecule has 1 aliphatic heterocycles. The van der Waals surface area contributed by atoms with E-state index in [2.05, 4.69) is 102 Å². The maximum atomic E-state index is 4.94. The first-order chi connectivity index (χ1) is 16.2. The fourth-order valence-electron chi connectivity index (χ4n) is 4.65. The maximum Gasteiger partial charge on any atom is 0.227 e. The van der Waals surface area contributed by atoms with Crippen molar-refractivity contribution >= 4 is 22.7 Å². The summed E-state index contributed by atoms with van der Waals surface area (Å²) in [4.78, 5) is 14.7. The molecule has 168 valence electrons. The Bertz CT molecular complexity index is 1150. The van der Waals surface area contributed by atoms with E-state index in [1.807, 2.05) is 12.1 Å². The molecule has 1 fully saturated rings. The third-order valence-electron chi connectivity index (χ3n) is 6.21. The number of hydrogen-bond donors (Lipinski definition) is 1. The van der Waals surface area contributed by atoms with Gasteiger partial charge in [-0.15, -0.1) is 0 Å². The summed E-state index contributed by atoms with van der Waals surface area (Å²) in [6.07, 6.45) is 0. The number of anilines is 2. The Hall–Kier alpha value is -3.44. The average Bonchev–Trinajstić information content (AvgIpc) is 2.86. The highest BCUT2D eigenvalue weighted by atomic mass is 15.3. The molecule has 1 N–H and O–H groups in total. The zero-order valence-electron chi connectivity index (χ0n) is 19.4. The summed E-state index contributed by atoms with van der Waals surface area (Å²) in [6, 6.07) is 30.5. The van der Waals surface area contributed by atoms with Crippen LogP contribution >= 0.6 is 0 Å². The van der Waals surface area contributed by atoms with Gasteiger partial charge >= 0.3 is 0 Å². The first-order valence-corrected chi connectivity index (χ1v) is 11.8. The minimum absolute atomic E-state index is 0.255. The number of para-hydroxylation sites is 1. The molecule has 1 aliphatic rings. The van der Waals surface area contributed by atoms with E-state index < -0.39 is 0 Å². The molecule has 5 heteroatoms. The van der Waals surface area contributed by atoms with Crippen molar-refractivity contribution in [2.75, 3.05) is 36.4 Å². The fraction of sp³-hybridized carbons (Fsp3) is 0.286. The molecular formula is C28H31N5. The van der Waals surface area contributed by atoms with Gasteiger partial charge < -0.3 is 10.2 Å². The van der Waals surface area contributed by atoms with Gasteiger partial charge in [-0.3, -0.25) is 4.90 Å². The normalized spacial score (nSPS) is 14.8. The monoisotopic (exact) mass is 437 g/mol. The van der Waals surface area contributed by atoms with E-state index in [9.17, 15) is 0 Å². The van der Waals surface area contributed by atoms with Crippen LogP contribution in [0.1, 0.15) is 31.0 Å². The molecule has 0 radical (unpaired) electrons. The molecule has 0 saturated carbocycles. The summed E-state index contributed by atoms with van der Waals surface area (Å²) in [5.74, 6) is 1.73. The number of nitrogens with one attached hydrogen (secondary N) is 1. The van der Waals surface area contributed by atoms with Crippen molar-refractivity contribution in [3.63, 3.8) is 0 Å². The van der Waals surface area contributed by atoms with Crippen molar-refractivity contribution in [1.29, 1.82) is 0 Å². The van der Waals surface area contributed by atoms with Crippen LogP contribution < -0.4 is 10.2 Å². The Morgan fingerprint density at radius 2 is 1.27 bits per heavy atom. The Balaban J connectivity index is 1.40. The van der Waals surface area contributed by atoms with E-state index in [0.29, 0.717) is 6.04 Å². The third-order valence-corrected chi connectivity index (χ3v) is 6.21. The minimum atomic E-state index is 0.255. The van der Waals surface area contributed by atoms with Crippen LogP contribution in [0.5, 0.6) is 0 Å². The van der Waals surface area contributed by atoms with E-state index in [-0.39, 0.29) is 6.04 Å². The number of benzene rings is 3. The zero-order chi connectivity index (χ0) is 22.6. The molecule has 0 unspecified atom stereocenters. The topological polar surface area (TPSA) is 44.3 Å². The predicted molar refractivity (Wildman–Crippen MR) is 137 cm³/mol. The van der Waals surface area contributed by atoms with Crippen LogP contribution in [0.2, 0.25) is 0 Å². The van der Waals surface area contributed by atoms with Crippen LogP contribution in [0.25, 0.3) is 10.9 Å². The molecule has 1 aromatic heterocycles. The van der Waals surface area contributed by atoms with Crippen molar-refractivity contribution in [2.24, 2.45) is 0 Å². The Morgan fingerprint density at radius 3 is 1.88 bits per heavy atom. The summed E-state index contributed by atoms with van der Waals surface area (Å²) >= 11 is 0. The first-order valence-electron chi connectivity index (χ1n) is 11.8. The standard InChI is InChI=1S/C28H31N5/c1-21(2)29-27-24-15-9-10-16-25(24)30-28(31-27)33-19-17-32(18-20-33)26(22-11-5-3-6-12-22)23-13-7-4-8-14-23/h3-16,21,26H,17-20H2,1-2H3,(H,29,30,31). The summed E-state index contributed by atoms with van der Waals surface area (Å²) < 4.78 is 0. The second-order valence-corrected chi connectivity index (χ2v) is 8.94. The fourth-order valence-corrected chi connectivity index (χ4v) is 4.65.